The molecule has 0 saturated heterocycles. The van der Waals surface area contributed by atoms with Gasteiger partial charge in [-0.2, -0.15) is 13.2 Å². The summed E-state index contributed by atoms with van der Waals surface area (Å²) in [6.07, 6.45) is -4.12. The van der Waals surface area contributed by atoms with Gasteiger partial charge >= 0.3 is 6.18 Å². The van der Waals surface area contributed by atoms with Crippen molar-refractivity contribution in [3.8, 4) is 0 Å². The van der Waals surface area contributed by atoms with Crippen molar-refractivity contribution in [2.75, 3.05) is 11.6 Å². The monoisotopic (exact) mass is 349 g/mol. The van der Waals surface area contributed by atoms with E-state index in [-0.39, 0.29) is 17.0 Å². The Kier molecular flexibility index (Phi) is 4.81. The highest BCUT2D eigenvalue weighted by atomic mass is 32.2. The van der Waals surface area contributed by atoms with Crippen molar-refractivity contribution in [2.24, 2.45) is 0 Å². The van der Waals surface area contributed by atoms with Gasteiger partial charge in [0.05, 0.1) is 17.9 Å². The number of anilines is 1. The lowest BCUT2D eigenvalue weighted by Gasteiger charge is -2.10. The molecule has 0 amide bonds. The van der Waals surface area contributed by atoms with E-state index in [2.05, 4.69) is 5.32 Å². The predicted octanol–water partition coefficient (Wildman–Crippen LogP) is 3.87. The molecule has 0 aliphatic rings. The molecule has 0 fully saturated rings. The smallest absolute Gasteiger partial charge is 0.380 e. The number of hydrogen-bond donors (Lipinski definition) is 1. The van der Waals surface area contributed by atoms with Crippen molar-refractivity contribution in [3.63, 3.8) is 0 Å². The second-order valence-corrected chi connectivity index (χ2v) is 7.81. The van der Waals surface area contributed by atoms with E-state index < -0.39 is 22.4 Å². The molecule has 8 heteroatoms. The van der Waals surface area contributed by atoms with Crippen LogP contribution in [0.1, 0.15) is 10.4 Å². The number of benzene rings is 1. The van der Waals surface area contributed by atoms with Crippen molar-refractivity contribution in [1.29, 1.82) is 0 Å². The highest BCUT2D eigenvalue weighted by Gasteiger charge is 2.27. The molecule has 2 aromatic rings. The van der Waals surface area contributed by atoms with Crippen LogP contribution >= 0.6 is 11.3 Å². The Hall–Kier alpha value is -1.54. The first-order valence-electron chi connectivity index (χ1n) is 6.31. The first kappa shape index (κ1) is 16.8. The third kappa shape index (κ3) is 4.74. The molecule has 22 heavy (non-hydrogen) atoms. The van der Waals surface area contributed by atoms with Crippen molar-refractivity contribution in [2.45, 2.75) is 24.0 Å². The molecule has 0 saturated carbocycles. The number of sulfone groups is 1. The van der Waals surface area contributed by atoms with E-state index in [4.69, 9.17) is 0 Å². The molecular weight excluding hydrogens is 335 g/mol. The Morgan fingerprint density at radius 2 is 1.95 bits per heavy atom. The molecule has 2 rings (SSSR count). The summed E-state index contributed by atoms with van der Waals surface area (Å²) >= 11 is 1.29. The van der Waals surface area contributed by atoms with Gasteiger partial charge in [-0.15, -0.1) is 11.3 Å². The lowest BCUT2D eigenvalue weighted by molar-refractivity contribution is -0.127. The number of nitrogens with one attached hydrogen (secondary N) is 1. The topological polar surface area (TPSA) is 46.2 Å². The van der Waals surface area contributed by atoms with Crippen LogP contribution in [0.2, 0.25) is 0 Å². The summed E-state index contributed by atoms with van der Waals surface area (Å²) in [7, 11) is -3.31. The number of thiophene rings is 1. The number of hydrogen-bond acceptors (Lipinski definition) is 4. The zero-order valence-corrected chi connectivity index (χ0v) is 13.3. The molecule has 1 N–H and O–H groups in total. The van der Waals surface area contributed by atoms with Gasteiger partial charge in [0.1, 0.15) is 0 Å². The molecule has 1 heterocycles. The van der Waals surface area contributed by atoms with Gasteiger partial charge in [-0.05, 0) is 29.1 Å². The molecule has 1 aromatic heterocycles. The Bertz CT molecular complexity index is 751. The van der Waals surface area contributed by atoms with Gasteiger partial charge in [0.15, 0.2) is 9.84 Å². The molecule has 0 unspecified atom stereocenters. The van der Waals surface area contributed by atoms with Crippen molar-refractivity contribution in [1.82, 2.24) is 0 Å². The summed E-state index contributed by atoms with van der Waals surface area (Å²) in [5.41, 5.74) is 0.682. The molecule has 1 aromatic carbocycles. The zero-order valence-electron chi connectivity index (χ0n) is 11.6. The SMILES string of the molecule is CS(=O)(=O)c1ccsc1CNc1cccc(CC(F)(F)F)c1. The van der Waals surface area contributed by atoms with Gasteiger partial charge < -0.3 is 5.32 Å². The van der Waals surface area contributed by atoms with Crippen LogP contribution in [0, 0.1) is 0 Å². The summed E-state index contributed by atoms with van der Waals surface area (Å²) in [6.45, 7) is 0.246. The molecular formula is C14H14F3NO2S2. The van der Waals surface area contributed by atoms with E-state index in [1.165, 1.54) is 35.6 Å². The molecule has 0 aliphatic heterocycles. The van der Waals surface area contributed by atoms with Gasteiger partial charge in [-0.1, -0.05) is 12.1 Å². The van der Waals surface area contributed by atoms with Gasteiger partial charge in [0.25, 0.3) is 0 Å². The fraction of sp³-hybridized carbons (Fsp3) is 0.286. The summed E-state index contributed by atoms with van der Waals surface area (Å²) in [5.74, 6) is 0. The second-order valence-electron chi connectivity index (χ2n) is 4.83. The minimum atomic E-state index is -4.25. The van der Waals surface area contributed by atoms with Crippen LogP contribution in [-0.2, 0) is 22.8 Å². The maximum Gasteiger partial charge on any atom is 0.393 e. The highest BCUT2D eigenvalue weighted by Crippen LogP contribution is 2.25. The third-order valence-electron chi connectivity index (χ3n) is 2.89. The quantitative estimate of drug-likeness (QED) is 0.891. The largest absolute Gasteiger partial charge is 0.393 e. The van der Waals surface area contributed by atoms with E-state index in [0.717, 1.165) is 6.26 Å². The van der Waals surface area contributed by atoms with Crippen LogP contribution in [0.4, 0.5) is 18.9 Å². The maximum atomic E-state index is 12.4. The van der Waals surface area contributed by atoms with Crippen LogP contribution < -0.4 is 5.32 Å². The second kappa shape index (κ2) is 6.29. The van der Waals surface area contributed by atoms with Gasteiger partial charge in [0.2, 0.25) is 0 Å². The molecule has 0 atom stereocenters. The van der Waals surface area contributed by atoms with E-state index in [1.54, 1.807) is 11.4 Å². The minimum Gasteiger partial charge on any atom is -0.380 e. The predicted molar refractivity (Wildman–Crippen MR) is 81.0 cm³/mol. The average molecular weight is 349 g/mol. The Morgan fingerprint density at radius 1 is 1.23 bits per heavy atom. The molecule has 0 aliphatic carbocycles. The first-order chi connectivity index (χ1) is 10.1. The molecule has 0 bridgehead atoms. The standard InChI is InChI=1S/C14H14F3NO2S2/c1-22(19,20)13-5-6-21-12(13)9-18-11-4-2-3-10(7-11)8-14(15,16)17/h2-7,18H,8-9H2,1H3. The van der Waals surface area contributed by atoms with Crippen molar-refractivity contribution < 1.29 is 21.6 Å². The van der Waals surface area contributed by atoms with E-state index in [0.29, 0.717) is 10.6 Å². The number of halogens is 3. The normalized spacial score (nSPS) is 12.4. The lowest BCUT2D eigenvalue weighted by atomic mass is 10.1. The van der Waals surface area contributed by atoms with Crippen LogP contribution in [0.5, 0.6) is 0 Å². The summed E-state index contributed by atoms with van der Waals surface area (Å²) in [5, 5.41) is 4.64. The summed E-state index contributed by atoms with van der Waals surface area (Å²) in [4.78, 5) is 0.875. The Morgan fingerprint density at radius 3 is 2.59 bits per heavy atom. The van der Waals surface area contributed by atoms with Crippen LogP contribution in [-0.4, -0.2) is 20.8 Å². The fourth-order valence-electron chi connectivity index (χ4n) is 1.99. The summed E-state index contributed by atoms with van der Waals surface area (Å²) in [6, 6.07) is 7.53. The minimum absolute atomic E-state index is 0.159. The third-order valence-corrected chi connectivity index (χ3v) is 5.12. The highest BCUT2D eigenvalue weighted by molar-refractivity contribution is 7.90. The molecule has 3 nitrogen and oxygen atoms in total. The van der Waals surface area contributed by atoms with E-state index in [1.807, 2.05) is 0 Å². The summed E-state index contributed by atoms with van der Waals surface area (Å²) < 4.78 is 60.3. The maximum absolute atomic E-state index is 12.4. The molecule has 0 radical (unpaired) electrons. The molecule has 120 valence electrons. The van der Waals surface area contributed by atoms with Crippen LogP contribution in [0.15, 0.2) is 40.6 Å². The van der Waals surface area contributed by atoms with Gasteiger partial charge in [-0.25, -0.2) is 8.42 Å². The first-order valence-corrected chi connectivity index (χ1v) is 9.08. The van der Waals surface area contributed by atoms with Crippen LogP contribution in [0.3, 0.4) is 0 Å². The van der Waals surface area contributed by atoms with Crippen LogP contribution in [0.25, 0.3) is 0 Å². The van der Waals surface area contributed by atoms with Gasteiger partial charge in [-0.3, -0.25) is 0 Å². The number of alkyl halides is 3. The fourth-order valence-corrected chi connectivity index (χ4v) is 4.19. The van der Waals surface area contributed by atoms with Crippen molar-refractivity contribution in [3.05, 3.63) is 46.2 Å². The van der Waals surface area contributed by atoms with E-state index >= 15 is 0 Å². The molecule has 0 spiro atoms. The van der Waals surface area contributed by atoms with Crippen molar-refractivity contribution >= 4 is 26.9 Å². The zero-order chi connectivity index (χ0) is 16.4. The average Bonchev–Trinajstić information content (AvgIpc) is 2.83. The lowest BCUT2D eigenvalue weighted by Crippen LogP contribution is -2.11. The Labute approximate surface area is 130 Å². The van der Waals surface area contributed by atoms with Gasteiger partial charge in [0, 0.05) is 16.8 Å². The Balaban J connectivity index is 2.10. The number of rotatable bonds is 5. The van der Waals surface area contributed by atoms with E-state index in [9.17, 15) is 21.6 Å².